The van der Waals surface area contributed by atoms with Gasteiger partial charge in [0.2, 0.25) is 0 Å². The fraction of sp³-hybridized carbons (Fsp3) is 0.273. The molecule has 0 amide bonds. The summed E-state index contributed by atoms with van der Waals surface area (Å²) in [6.45, 7) is 2.03. The van der Waals surface area contributed by atoms with Gasteiger partial charge in [0.15, 0.2) is 0 Å². The Morgan fingerprint density at radius 1 is 1.44 bits per heavy atom. The minimum Gasteiger partial charge on any atom is -0.469 e. The number of furan rings is 1. The second-order valence-electron chi connectivity index (χ2n) is 3.41. The minimum absolute atomic E-state index is 0.273. The Bertz CT molecular complexity index is 492. The van der Waals surface area contributed by atoms with E-state index in [1.807, 2.05) is 19.1 Å². The molecular weight excluding hydrogens is 265 g/mol. The first-order valence-electron chi connectivity index (χ1n) is 4.90. The van der Waals surface area contributed by atoms with Gasteiger partial charge < -0.3 is 10.2 Å². The average Bonchev–Trinajstić information content (AvgIpc) is 2.83. The van der Waals surface area contributed by atoms with E-state index in [4.69, 9.17) is 33.4 Å². The van der Waals surface area contributed by atoms with Gasteiger partial charge >= 0.3 is 0 Å². The van der Waals surface area contributed by atoms with Crippen LogP contribution in [0.1, 0.15) is 29.9 Å². The number of rotatable bonds is 3. The average molecular weight is 276 g/mol. The molecule has 5 heteroatoms. The summed E-state index contributed by atoms with van der Waals surface area (Å²) >= 11 is 13.3. The minimum atomic E-state index is -0.273. The third kappa shape index (κ3) is 2.13. The van der Waals surface area contributed by atoms with Gasteiger partial charge in [0.1, 0.15) is 5.76 Å². The van der Waals surface area contributed by atoms with E-state index in [0.29, 0.717) is 8.67 Å². The van der Waals surface area contributed by atoms with Crippen molar-refractivity contribution in [2.24, 2.45) is 5.73 Å². The first kappa shape index (κ1) is 12.0. The summed E-state index contributed by atoms with van der Waals surface area (Å²) < 4.78 is 6.64. The molecule has 0 saturated heterocycles. The van der Waals surface area contributed by atoms with Crippen molar-refractivity contribution < 1.29 is 4.42 Å². The van der Waals surface area contributed by atoms with Crippen LogP contribution in [0.4, 0.5) is 0 Å². The molecule has 0 saturated carbocycles. The van der Waals surface area contributed by atoms with Crippen LogP contribution in [0.5, 0.6) is 0 Å². The molecule has 2 nitrogen and oxygen atoms in total. The fourth-order valence-electron chi connectivity index (χ4n) is 1.65. The quantitative estimate of drug-likeness (QED) is 0.909. The fourth-order valence-corrected chi connectivity index (χ4v) is 3.20. The summed E-state index contributed by atoms with van der Waals surface area (Å²) in [5.74, 6) is 0.894. The van der Waals surface area contributed by atoms with Gasteiger partial charge in [-0.15, -0.1) is 11.3 Å². The Morgan fingerprint density at radius 3 is 2.75 bits per heavy atom. The highest BCUT2D eigenvalue weighted by Crippen LogP contribution is 2.37. The summed E-state index contributed by atoms with van der Waals surface area (Å²) in [6.07, 6.45) is 2.46. The highest BCUT2D eigenvalue weighted by Gasteiger charge is 2.19. The van der Waals surface area contributed by atoms with Crippen LogP contribution in [-0.4, -0.2) is 0 Å². The highest BCUT2D eigenvalue weighted by molar-refractivity contribution is 7.20. The van der Waals surface area contributed by atoms with Crippen molar-refractivity contribution in [2.45, 2.75) is 19.4 Å². The molecule has 1 atom stereocenters. The SMILES string of the molecule is CCc1occc1C(N)c1cc(Cl)sc1Cl. The van der Waals surface area contributed by atoms with E-state index in [2.05, 4.69) is 0 Å². The lowest BCUT2D eigenvalue weighted by molar-refractivity contribution is 0.509. The second kappa shape index (κ2) is 4.80. The molecule has 2 heterocycles. The lowest BCUT2D eigenvalue weighted by Crippen LogP contribution is -2.12. The largest absolute Gasteiger partial charge is 0.469 e. The lowest BCUT2D eigenvalue weighted by atomic mass is 10.0. The van der Waals surface area contributed by atoms with E-state index in [9.17, 15) is 0 Å². The first-order valence-corrected chi connectivity index (χ1v) is 6.47. The normalized spacial score (nSPS) is 13.0. The van der Waals surface area contributed by atoms with Crippen LogP contribution in [0.3, 0.4) is 0 Å². The van der Waals surface area contributed by atoms with E-state index >= 15 is 0 Å². The van der Waals surface area contributed by atoms with Crippen LogP contribution < -0.4 is 5.73 Å². The molecule has 0 radical (unpaired) electrons. The number of halogens is 2. The molecule has 0 fully saturated rings. The molecule has 1 unspecified atom stereocenters. The van der Waals surface area contributed by atoms with Crippen LogP contribution >= 0.6 is 34.5 Å². The smallest absolute Gasteiger partial charge is 0.108 e. The summed E-state index contributed by atoms with van der Waals surface area (Å²) in [7, 11) is 0. The van der Waals surface area contributed by atoms with E-state index in [-0.39, 0.29) is 6.04 Å². The Kier molecular flexibility index (Phi) is 3.60. The van der Waals surface area contributed by atoms with Crippen molar-refractivity contribution in [3.8, 4) is 0 Å². The van der Waals surface area contributed by atoms with Gasteiger partial charge in [-0.2, -0.15) is 0 Å². The lowest BCUT2D eigenvalue weighted by Gasteiger charge is -2.10. The van der Waals surface area contributed by atoms with Gasteiger partial charge in [0.25, 0.3) is 0 Å². The standard InChI is InChI=1S/C11H11Cl2NOS/c1-2-8-6(3-4-15-8)10(14)7-5-9(12)16-11(7)13/h3-5,10H,2,14H2,1H3. The molecule has 16 heavy (non-hydrogen) atoms. The Hall–Kier alpha value is -0.480. The van der Waals surface area contributed by atoms with Crippen LogP contribution in [0.25, 0.3) is 0 Å². The zero-order chi connectivity index (χ0) is 11.7. The zero-order valence-electron chi connectivity index (χ0n) is 8.67. The van der Waals surface area contributed by atoms with Gasteiger partial charge in [-0.1, -0.05) is 30.1 Å². The molecule has 0 bridgehead atoms. The summed E-state index contributed by atoms with van der Waals surface area (Å²) in [5.41, 5.74) is 7.98. The maximum absolute atomic E-state index is 6.15. The van der Waals surface area contributed by atoms with Crippen LogP contribution in [-0.2, 0) is 6.42 Å². The van der Waals surface area contributed by atoms with Crippen LogP contribution in [0.15, 0.2) is 22.8 Å². The van der Waals surface area contributed by atoms with Crippen molar-refractivity contribution in [1.29, 1.82) is 0 Å². The summed E-state index contributed by atoms with van der Waals surface area (Å²) in [5, 5.41) is 0. The van der Waals surface area contributed by atoms with Crippen molar-refractivity contribution >= 4 is 34.5 Å². The monoisotopic (exact) mass is 275 g/mol. The maximum Gasteiger partial charge on any atom is 0.108 e. The number of hydrogen-bond acceptors (Lipinski definition) is 3. The van der Waals surface area contributed by atoms with E-state index < -0.39 is 0 Å². The molecule has 2 aromatic rings. The third-order valence-electron chi connectivity index (χ3n) is 2.45. The molecule has 0 aromatic carbocycles. The molecule has 2 aromatic heterocycles. The molecular formula is C11H11Cl2NOS. The van der Waals surface area contributed by atoms with Crippen molar-refractivity contribution in [2.75, 3.05) is 0 Å². The van der Waals surface area contributed by atoms with Gasteiger partial charge in [-0.25, -0.2) is 0 Å². The molecule has 2 N–H and O–H groups in total. The predicted octanol–water partition coefficient (Wildman–Crippen LogP) is 4.26. The molecule has 0 aliphatic carbocycles. The topological polar surface area (TPSA) is 39.2 Å². The van der Waals surface area contributed by atoms with Gasteiger partial charge in [0.05, 0.1) is 21.0 Å². The summed E-state index contributed by atoms with van der Waals surface area (Å²) in [6, 6.07) is 3.42. The molecule has 86 valence electrons. The van der Waals surface area contributed by atoms with Gasteiger partial charge in [0, 0.05) is 17.5 Å². The molecule has 2 rings (SSSR count). The molecule has 0 aliphatic rings. The van der Waals surface area contributed by atoms with Crippen LogP contribution in [0.2, 0.25) is 8.67 Å². The van der Waals surface area contributed by atoms with Gasteiger partial charge in [-0.3, -0.25) is 0 Å². The van der Waals surface area contributed by atoms with Crippen LogP contribution in [0, 0.1) is 0 Å². The summed E-state index contributed by atoms with van der Waals surface area (Å²) in [4.78, 5) is 0. The van der Waals surface area contributed by atoms with Gasteiger partial charge in [-0.05, 0) is 12.1 Å². The second-order valence-corrected chi connectivity index (χ2v) is 5.70. The van der Waals surface area contributed by atoms with E-state index in [1.54, 1.807) is 6.26 Å². The Labute approximate surface area is 108 Å². The highest BCUT2D eigenvalue weighted by atomic mass is 35.5. The zero-order valence-corrected chi connectivity index (χ0v) is 11.0. The van der Waals surface area contributed by atoms with Crippen molar-refractivity contribution in [3.63, 3.8) is 0 Å². The van der Waals surface area contributed by atoms with E-state index in [0.717, 1.165) is 23.3 Å². The number of nitrogens with two attached hydrogens (primary N) is 1. The molecule has 0 spiro atoms. The molecule has 0 aliphatic heterocycles. The van der Waals surface area contributed by atoms with E-state index in [1.165, 1.54) is 11.3 Å². The number of aryl methyl sites for hydroxylation is 1. The Balaban J connectivity index is 2.38. The maximum atomic E-state index is 6.15. The van der Waals surface area contributed by atoms with Crippen molar-refractivity contribution in [3.05, 3.63) is 44.0 Å². The third-order valence-corrected chi connectivity index (χ3v) is 3.97. The number of thiophene rings is 1. The predicted molar refractivity (Wildman–Crippen MR) is 68.5 cm³/mol. The van der Waals surface area contributed by atoms with Crippen molar-refractivity contribution in [1.82, 2.24) is 0 Å². The Morgan fingerprint density at radius 2 is 2.19 bits per heavy atom. The number of hydrogen-bond donors (Lipinski definition) is 1. The first-order chi connectivity index (χ1) is 7.63.